The molecule has 1 N–H and O–H groups in total. The lowest BCUT2D eigenvalue weighted by Crippen LogP contribution is -2.33. The molecule has 0 fully saturated rings. The molecule has 0 spiro atoms. The van der Waals surface area contributed by atoms with Gasteiger partial charge in [0.25, 0.3) is 5.91 Å². The Balaban J connectivity index is 1.87. The van der Waals surface area contributed by atoms with E-state index in [1.165, 1.54) is 11.8 Å². The zero-order valence-electron chi connectivity index (χ0n) is 20.5. The molecule has 1 atom stereocenters. The molecule has 0 bridgehead atoms. The standard InChI is InChI=1S/C27H34N4O2S/c1-5-17-31(26(32)23-18-29-27(34-4)30-20(23)2)24-14-10-9-13-22(24)19-33-25(15-16-28-3)21-11-7-6-8-12-21/h6-14,18,25,28H,5,15-17,19H2,1-4H3. The maximum absolute atomic E-state index is 13.6. The van der Waals surface area contributed by atoms with Gasteiger partial charge in [0.2, 0.25) is 0 Å². The second-order valence-electron chi connectivity index (χ2n) is 8.04. The van der Waals surface area contributed by atoms with Gasteiger partial charge in [-0.2, -0.15) is 0 Å². The lowest BCUT2D eigenvalue weighted by atomic mass is 10.1. The minimum absolute atomic E-state index is 0.0354. The fourth-order valence-corrected chi connectivity index (χ4v) is 4.22. The molecule has 0 aliphatic heterocycles. The van der Waals surface area contributed by atoms with E-state index in [2.05, 4.69) is 34.3 Å². The van der Waals surface area contributed by atoms with E-state index in [1.54, 1.807) is 6.20 Å². The Kier molecular flexibility index (Phi) is 10.1. The van der Waals surface area contributed by atoms with Gasteiger partial charge in [-0.3, -0.25) is 4.79 Å². The van der Waals surface area contributed by atoms with Crippen molar-refractivity contribution in [3.8, 4) is 0 Å². The first-order chi connectivity index (χ1) is 16.6. The largest absolute Gasteiger partial charge is 0.369 e. The highest BCUT2D eigenvalue weighted by Crippen LogP contribution is 2.28. The summed E-state index contributed by atoms with van der Waals surface area (Å²) in [6.07, 6.45) is 5.22. The third-order valence-corrected chi connectivity index (χ3v) is 6.17. The number of para-hydroxylation sites is 1. The van der Waals surface area contributed by atoms with Crippen molar-refractivity contribution in [2.75, 3.05) is 31.3 Å². The van der Waals surface area contributed by atoms with E-state index in [0.29, 0.717) is 29.6 Å². The third-order valence-electron chi connectivity index (χ3n) is 5.61. The summed E-state index contributed by atoms with van der Waals surface area (Å²) in [6, 6.07) is 18.3. The molecule has 180 valence electrons. The van der Waals surface area contributed by atoms with Gasteiger partial charge in [0.1, 0.15) is 0 Å². The quantitative estimate of drug-likeness (QED) is 0.277. The van der Waals surface area contributed by atoms with Gasteiger partial charge in [-0.15, -0.1) is 0 Å². The van der Waals surface area contributed by atoms with E-state index >= 15 is 0 Å². The monoisotopic (exact) mass is 478 g/mol. The first-order valence-corrected chi connectivity index (χ1v) is 12.9. The van der Waals surface area contributed by atoms with Crippen molar-refractivity contribution in [1.82, 2.24) is 15.3 Å². The highest BCUT2D eigenvalue weighted by Gasteiger charge is 2.23. The van der Waals surface area contributed by atoms with Crippen LogP contribution in [0.4, 0.5) is 5.69 Å². The number of nitrogens with one attached hydrogen (secondary N) is 1. The average Bonchev–Trinajstić information content (AvgIpc) is 2.87. The second-order valence-corrected chi connectivity index (χ2v) is 8.82. The third kappa shape index (κ3) is 6.65. The molecule has 0 saturated carbocycles. The van der Waals surface area contributed by atoms with Crippen LogP contribution in [0.15, 0.2) is 66.0 Å². The van der Waals surface area contributed by atoms with Gasteiger partial charge in [-0.25, -0.2) is 9.97 Å². The van der Waals surface area contributed by atoms with Gasteiger partial charge in [0.15, 0.2) is 5.16 Å². The van der Waals surface area contributed by atoms with E-state index in [1.807, 2.05) is 67.6 Å². The number of ether oxygens (including phenoxy) is 1. The van der Waals surface area contributed by atoms with E-state index in [0.717, 1.165) is 36.2 Å². The summed E-state index contributed by atoms with van der Waals surface area (Å²) in [4.78, 5) is 24.2. The Morgan fingerprint density at radius 1 is 1.15 bits per heavy atom. The SMILES string of the molecule is CCCN(C(=O)c1cnc(SC)nc1C)c1ccccc1COC(CCNC)c1ccccc1. The molecule has 3 aromatic rings. The van der Waals surface area contributed by atoms with Crippen molar-refractivity contribution in [2.45, 2.75) is 44.6 Å². The summed E-state index contributed by atoms with van der Waals surface area (Å²) in [5, 5.41) is 3.88. The van der Waals surface area contributed by atoms with Gasteiger partial charge in [-0.1, -0.05) is 67.2 Å². The topological polar surface area (TPSA) is 67.4 Å². The zero-order valence-corrected chi connectivity index (χ0v) is 21.3. The van der Waals surface area contributed by atoms with Crippen molar-refractivity contribution in [2.24, 2.45) is 0 Å². The van der Waals surface area contributed by atoms with Gasteiger partial charge in [0.05, 0.1) is 24.0 Å². The first-order valence-electron chi connectivity index (χ1n) is 11.7. The van der Waals surface area contributed by atoms with Crippen molar-refractivity contribution in [1.29, 1.82) is 0 Å². The van der Waals surface area contributed by atoms with E-state index in [-0.39, 0.29) is 12.0 Å². The molecule has 0 saturated heterocycles. The molecule has 0 radical (unpaired) electrons. The summed E-state index contributed by atoms with van der Waals surface area (Å²) in [5.74, 6) is -0.0887. The molecule has 34 heavy (non-hydrogen) atoms. The van der Waals surface area contributed by atoms with Crippen LogP contribution in [-0.4, -0.2) is 42.3 Å². The van der Waals surface area contributed by atoms with Crippen LogP contribution in [-0.2, 0) is 11.3 Å². The maximum Gasteiger partial charge on any atom is 0.261 e. The van der Waals surface area contributed by atoms with Crippen LogP contribution in [0.1, 0.15) is 53.0 Å². The summed E-state index contributed by atoms with van der Waals surface area (Å²) >= 11 is 1.47. The van der Waals surface area contributed by atoms with Gasteiger partial charge in [-0.05, 0) is 51.2 Å². The number of anilines is 1. The Morgan fingerprint density at radius 3 is 2.56 bits per heavy atom. The lowest BCUT2D eigenvalue weighted by Gasteiger charge is -2.26. The fraction of sp³-hybridized carbons (Fsp3) is 0.370. The molecule has 1 aromatic heterocycles. The Labute approximate surface area is 207 Å². The molecule has 1 unspecified atom stereocenters. The minimum atomic E-state index is -0.0887. The fourth-order valence-electron chi connectivity index (χ4n) is 3.83. The van der Waals surface area contributed by atoms with Crippen LogP contribution in [0, 0.1) is 6.92 Å². The van der Waals surface area contributed by atoms with Crippen molar-refractivity contribution < 1.29 is 9.53 Å². The van der Waals surface area contributed by atoms with Crippen LogP contribution in [0.5, 0.6) is 0 Å². The summed E-state index contributed by atoms with van der Waals surface area (Å²) in [7, 11) is 1.95. The average molecular weight is 479 g/mol. The van der Waals surface area contributed by atoms with Gasteiger partial charge >= 0.3 is 0 Å². The molecule has 0 aliphatic rings. The number of rotatable bonds is 12. The number of thioether (sulfide) groups is 1. The molecule has 6 nitrogen and oxygen atoms in total. The number of hydrogen-bond donors (Lipinski definition) is 1. The second kappa shape index (κ2) is 13.2. The first kappa shape index (κ1) is 25.9. The maximum atomic E-state index is 13.6. The number of aryl methyl sites for hydroxylation is 1. The predicted molar refractivity (Wildman–Crippen MR) is 139 cm³/mol. The molecule has 1 heterocycles. The normalized spacial score (nSPS) is 11.9. The number of carbonyl (C=O) groups excluding carboxylic acids is 1. The van der Waals surface area contributed by atoms with Crippen LogP contribution in [0.3, 0.4) is 0 Å². The van der Waals surface area contributed by atoms with E-state index in [4.69, 9.17) is 4.74 Å². The van der Waals surface area contributed by atoms with Crippen LogP contribution >= 0.6 is 11.8 Å². The van der Waals surface area contributed by atoms with Crippen LogP contribution in [0.2, 0.25) is 0 Å². The minimum Gasteiger partial charge on any atom is -0.369 e. The van der Waals surface area contributed by atoms with Crippen molar-refractivity contribution >= 4 is 23.4 Å². The molecule has 0 aliphatic carbocycles. The smallest absolute Gasteiger partial charge is 0.261 e. The molecule has 7 heteroatoms. The van der Waals surface area contributed by atoms with Gasteiger partial charge < -0.3 is 15.0 Å². The van der Waals surface area contributed by atoms with Crippen molar-refractivity contribution in [3.05, 3.63) is 83.2 Å². The molecule has 1 amide bonds. The number of amides is 1. The predicted octanol–water partition coefficient (Wildman–Crippen LogP) is 5.43. The number of benzene rings is 2. The molecular formula is C27H34N4O2S. The lowest BCUT2D eigenvalue weighted by molar-refractivity contribution is 0.0346. The summed E-state index contributed by atoms with van der Waals surface area (Å²) in [6.45, 7) is 5.80. The van der Waals surface area contributed by atoms with Crippen LogP contribution < -0.4 is 10.2 Å². The molecule has 2 aromatic carbocycles. The Hall–Kier alpha value is -2.74. The van der Waals surface area contributed by atoms with Gasteiger partial charge in [0, 0.05) is 24.0 Å². The zero-order chi connectivity index (χ0) is 24.3. The number of hydrogen-bond acceptors (Lipinski definition) is 6. The van der Waals surface area contributed by atoms with E-state index < -0.39 is 0 Å². The Morgan fingerprint density at radius 2 is 1.88 bits per heavy atom. The number of carbonyl (C=O) groups is 1. The number of aromatic nitrogens is 2. The van der Waals surface area contributed by atoms with Crippen LogP contribution in [0.25, 0.3) is 0 Å². The highest BCUT2D eigenvalue weighted by atomic mass is 32.2. The number of nitrogens with zero attached hydrogens (tertiary/aromatic N) is 3. The summed E-state index contributed by atoms with van der Waals surface area (Å²) in [5.41, 5.74) is 4.21. The molecular weight excluding hydrogens is 444 g/mol. The van der Waals surface area contributed by atoms with E-state index in [9.17, 15) is 4.79 Å². The Bertz CT molecular complexity index is 1060. The summed E-state index contributed by atoms with van der Waals surface area (Å²) < 4.78 is 6.42. The highest BCUT2D eigenvalue weighted by molar-refractivity contribution is 7.98. The molecule has 3 rings (SSSR count). The van der Waals surface area contributed by atoms with Crippen molar-refractivity contribution in [3.63, 3.8) is 0 Å².